The quantitative estimate of drug-likeness (QED) is 0.478. The van der Waals surface area contributed by atoms with Crippen LogP contribution in [0.2, 0.25) is 0 Å². The number of benzene rings is 1. The molecule has 2 heterocycles. The minimum Gasteiger partial charge on any atom is -0.339 e. The summed E-state index contributed by atoms with van der Waals surface area (Å²) in [5, 5.41) is 11.1. The zero-order valence-electron chi connectivity index (χ0n) is 22.4. The molecule has 5 rings (SSSR count). The number of carbonyl (C=O) groups is 1. The van der Waals surface area contributed by atoms with E-state index in [0.29, 0.717) is 16.2 Å². The molecule has 1 aromatic rings. The number of thioether (sulfide) groups is 1. The first-order valence-corrected chi connectivity index (χ1v) is 17.4. The normalized spacial score (nSPS) is 30.4. The molecule has 3 unspecified atom stereocenters. The highest BCUT2D eigenvalue weighted by molar-refractivity contribution is 8.02. The van der Waals surface area contributed by atoms with Crippen molar-refractivity contribution >= 4 is 27.5 Å². The Morgan fingerprint density at radius 3 is 2.11 bits per heavy atom. The van der Waals surface area contributed by atoms with E-state index in [2.05, 4.69) is 16.0 Å². The van der Waals surface area contributed by atoms with Crippen LogP contribution in [0.5, 0.6) is 0 Å². The Hall–Kier alpha value is -1.09. The van der Waals surface area contributed by atoms with Crippen molar-refractivity contribution in [2.75, 3.05) is 12.8 Å². The number of hydrogen-bond acceptors (Lipinski definition) is 6. The van der Waals surface area contributed by atoms with Gasteiger partial charge < -0.3 is 10.6 Å². The standard InChI is InChI=1S/C29H45N3O3S2/c1-37(34,35)23-13-11-22(12-14-23)26-29(18-9-3-2-4-10-19-29)30-21-25(31-26)32-27(33)24-15-20-28(36-24)16-7-5-6-8-17-28/h11-14,24-26,30-31H,2-10,15-21H2,1H3,(H,32,33). The number of amides is 1. The molecule has 0 bridgehead atoms. The molecule has 2 aliphatic carbocycles. The molecular weight excluding hydrogens is 502 g/mol. The summed E-state index contributed by atoms with van der Waals surface area (Å²) in [6.45, 7) is 0.714. The van der Waals surface area contributed by atoms with E-state index >= 15 is 0 Å². The monoisotopic (exact) mass is 547 g/mol. The number of rotatable bonds is 4. The lowest BCUT2D eigenvalue weighted by Gasteiger charge is -2.50. The average molecular weight is 548 g/mol. The van der Waals surface area contributed by atoms with Crippen LogP contribution in [-0.2, 0) is 14.6 Å². The lowest BCUT2D eigenvalue weighted by molar-refractivity contribution is -0.121. The van der Waals surface area contributed by atoms with Gasteiger partial charge in [0.2, 0.25) is 5.91 Å². The fourth-order valence-electron chi connectivity index (χ4n) is 7.25. The third-order valence-electron chi connectivity index (χ3n) is 9.34. The predicted octanol–water partition coefficient (Wildman–Crippen LogP) is 5.24. The number of carbonyl (C=O) groups excluding carboxylic acids is 1. The van der Waals surface area contributed by atoms with Gasteiger partial charge in [0, 0.05) is 23.1 Å². The molecular formula is C29H45N3O3S2. The molecule has 1 aromatic carbocycles. The van der Waals surface area contributed by atoms with Crippen molar-refractivity contribution in [1.82, 2.24) is 16.0 Å². The summed E-state index contributed by atoms with van der Waals surface area (Å²) in [4.78, 5) is 13.8. The van der Waals surface area contributed by atoms with E-state index in [1.54, 1.807) is 12.1 Å². The van der Waals surface area contributed by atoms with Gasteiger partial charge in [0.15, 0.2) is 9.84 Å². The molecule has 3 N–H and O–H groups in total. The third-order valence-corrected chi connectivity index (χ3v) is 12.3. The Bertz CT molecular complexity index is 1030. The van der Waals surface area contributed by atoms with Crippen LogP contribution in [-0.4, -0.2) is 48.8 Å². The van der Waals surface area contributed by atoms with Gasteiger partial charge in [-0.15, -0.1) is 11.8 Å². The molecule has 3 atom stereocenters. The van der Waals surface area contributed by atoms with E-state index in [-0.39, 0.29) is 28.9 Å². The topological polar surface area (TPSA) is 87.3 Å². The Balaban J connectivity index is 1.30. The largest absolute Gasteiger partial charge is 0.339 e. The van der Waals surface area contributed by atoms with Gasteiger partial charge in [-0.3, -0.25) is 10.1 Å². The van der Waals surface area contributed by atoms with E-state index in [1.807, 2.05) is 23.9 Å². The summed E-state index contributed by atoms with van der Waals surface area (Å²) in [5.74, 6) is 0.171. The van der Waals surface area contributed by atoms with Crippen LogP contribution in [0.15, 0.2) is 29.2 Å². The van der Waals surface area contributed by atoms with Crippen molar-refractivity contribution < 1.29 is 13.2 Å². The maximum absolute atomic E-state index is 13.4. The molecule has 6 nitrogen and oxygen atoms in total. The molecule has 0 radical (unpaired) electrons. The smallest absolute Gasteiger partial charge is 0.234 e. The second-order valence-corrected chi connectivity index (χ2v) is 15.7. The fraction of sp³-hybridized carbons (Fsp3) is 0.759. The van der Waals surface area contributed by atoms with Crippen LogP contribution in [0.1, 0.15) is 108 Å². The number of sulfone groups is 1. The average Bonchev–Trinajstić information content (AvgIpc) is 3.14. The zero-order chi connectivity index (χ0) is 25.9. The van der Waals surface area contributed by atoms with Gasteiger partial charge in [-0.2, -0.15) is 0 Å². The molecule has 1 amide bonds. The van der Waals surface area contributed by atoms with E-state index in [9.17, 15) is 13.2 Å². The first kappa shape index (κ1) is 27.5. The molecule has 2 spiro atoms. The molecule has 2 saturated carbocycles. The molecule has 4 aliphatic rings. The summed E-state index contributed by atoms with van der Waals surface area (Å²) in [7, 11) is -3.24. The molecule has 37 heavy (non-hydrogen) atoms. The van der Waals surface area contributed by atoms with Gasteiger partial charge >= 0.3 is 0 Å². The van der Waals surface area contributed by atoms with E-state index in [0.717, 1.165) is 24.8 Å². The van der Waals surface area contributed by atoms with Crippen molar-refractivity contribution in [3.63, 3.8) is 0 Å². The minimum atomic E-state index is -3.24. The van der Waals surface area contributed by atoms with Gasteiger partial charge in [0.05, 0.1) is 22.4 Å². The molecule has 2 aliphatic heterocycles. The Morgan fingerprint density at radius 2 is 1.49 bits per heavy atom. The first-order valence-electron chi connectivity index (χ1n) is 14.6. The molecule has 0 aromatic heterocycles. The summed E-state index contributed by atoms with van der Waals surface area (Å²) in [5.41, 5.74) is 1.01. The highest BCUT2D eigenvalue weighted by Gasteiger charge is 2.46. The fourth-order valence-corrected chi connectivity index (χ4v) is 9.65. The number of nitrogens with one attached hydrogen (secondary N) is 3. The maximum atomic E-state index is 13.4. The van der Waals surface area contributed by atoms with Crippen LogP contribution < -0.4 is 16.0 Å². The van der Waals surface area contributed by atoms with Crippen LogP contribution in [0.3, 0.4) is 0 Å². The van der Waals surface area contributed by atoms with E-state index in [4.69, 9.17) is 0 Å². The second-order valence-electron chi connectivity index (χ2n) is 12.0. The Labute approximate surface area is 227 Å². The summed E-state index contributed by atoms with van der Waals surface area (Å²) in [6.07, 6.45) is 19.4. The zero-order valence-corrected chi connectivity index (χ0v) is 24.0. The molecule has 4 fully saturated rings. The van der Waals surface area contributed by atoms with Crippen molar-refractivity contribution in [3.8, 4) is 0 Å². The summed E-state index contributed by atoms with van der Waals surface area (Å²) in [6, 6.07) is 7.40. The maximum Gasteiger partial charge on any atom is 0.234 e. The molecule has 2 saturated heterocycles. The van der Waals surface area contributed by atoms with Crippen molar-refractivity contribution in [1.29, 1.82) is 0 Å². The Kier molecular flexibility index (Phi) is 8.59. The van der Waals surface area contributed by atoms with E-state index < -0.39 is 9.84 Å². The van der Waals surface area contributed by atoms with Crippen molar-refractivity contribution in [3.05, 3.63) is 29.8 Å². The Morgan fingerprint density at radius 1 is 0.892 bits per heavy atom. The predicted molar refractivity (Wildman–Crippen MR) is 151 cm³/mol. The lowest BCUT2D eigenvalue weighted by atomic mass is 9.74. The summed E-state index contributed by atoms with van der Waals surface area (Å²) >= 11 is 1.95. The van der Waals surface area contributed by atoms with Crippen LogP contribution in [0, 0.1) is 0 Å². The van der Waals surface area contributed by atoms with Gasteiger partial charge in [-0.25, -0.2) is 8.42 Å². The highest BCUT2D eigenvalue weighted by Crippen LogP contribution is 2.51. The van der Waals surface area contributed by atoms with Crippen LogP contribution in [0.25, 0.3) is 0 Å². The van der Waals surface area contributed by atoms with Crippen molar-refractivity contribution in [2.24, 2.45) is 0 Å². The molecule has 206 valence electrons. The SMILES string of the molecule is CS(=O)(=O)c1ccc(C2NC(NC(=O)C3CCC4(CCCCCC4)S3)CNC23CCCCCCC3)cc1. The van der Waals surface area contributed by atoms with Crippen LogP contribution in [0.4, 0.5) is 0 Å². The highest BCUT2D eigenvalue weighted by atomic mass is 32.2. The van der Waals surface area contributed by atoms with Gasteiger partial charge in [0.1, 0.15) is 0 Å². The van der Waals surface area contributed by atoms with Crippen molar-refractivity contribution in [2.45, 2.75) is 129 Å². The lowest BCUT2D eigenvalue weighted by Crippen LogP contribution is -2.68. The van der Waals surface area contributed by atoms with Gasteiger partial charge in [0.25, 0.3) is 0 Å². The minimum absolute atomic E-state index is 0.0164. The number of piperazine rings is 1. The summed E-state index contributed by atoms with van der Waals surface area (Å²) < 4.78 is 24.4. The van der Waals surface area contributed by atoms with Gasteiger partial charge in [-0.1, -0.05) is 69.9 Å². The van der Waals surface area contributed by atoms with E-state index in [1.165, 1.54) is 83.3 Å². The van der Waals surface area contributed by atoms with Crippen LogP contribution >= 0.6 is 11.8 Å². The second kappa shape index (κ2) is 11.6. The van der Waals surface area contributed by atoms with Gasteiger partial charge in [-0.05, 0) is 56.2 Å². The third kappa shape index (κ3) is 6.39. The number of hydrogen-bond donors (Lipinski definition) is 3. The first-order chi connectivity index (χ1) is 17.8. The molecule has 8 heteroatoms.